The Kier molecular flexibility index (Phi) is 4.91. The number of carbonyl (C=O) groups is 1. The van der Waals surface area contributed by atoms with Gasteiger partial charge in [0, 0.05) is 6.54 Å². The van der Waals surface area contributed by atoms with E-state index in [9.17, 15) is 4.79 Å². The number of fused-ring (bicyclic) bond motifs is 1. The summed E-state index contributed by atoms with van der Waals surface area (Å²) in [7, 11) is 1.64. The summed E-state index contributed by atoms with van der Waals surface area (Å²) in [4.78, 5) is 17.3. The Morgan fingerprint density at radius 2 is 2.08 bits per heavy atom. The van der Waals surface area contributed by atoms with Crippen LogP contribution in [-0.2, 0) is 17.8 Å². The Hall–Kier alpha value is -2.66. The fourth-order valence-electron chi connectivity index (χ4n) is 2.49. The maximum Gasteiger partial charge on any atom is 0.252 e. The lowest BCUT2D eigenvalue weighted by molar-refractivity contribution is -0.117. The van der Waals surface area contributed by atoms with E-state index in [0.717, 1.165) is 21.5 Å². The topological polar surface area (TPSA) is 43.6 Å². The number of thiazole rings is 1. The lowest BCUT2D eigenvalue weighted by Crippen LogP contribution is -2.16. The molecule has 0 N–H and O–H groups in total. The number of benzene rings is 2. The molecular formula is C19H18N2O2S. The highest BCUT2D eigenvalue weighted by molar-refractivity contribution is 7.16. The normalized spacial score (nSPS) is 11.6. The lowest BCUT2D eigenvalue weighted by atomic mass is 10.1. The zero-order valence-electron chi connectivity index (χ0n) is 13.4. The van der Waals surface area contributed by atoms with Crippen LogP contribution in [0.1, 0.15) is 5.56 Å². The van der Waals surface area contributed by atoms with E-state index in [0.29, 0.717) is 17.8 Å². The Morgan fingerprint density at radius 3 is 2.79 bits per heavy atom. The highest BCUT2D eigenvalue weighted by Gasteiger charge is 2.08. The molecule has 0 radical (unpaired) electrons. The summed E-state index contributed by atoms with van der Waals surface area (Å²) in [5, 5.41) is 0. The zero-order chi connectivity index (χ0) is 16.9. The van der Waals surface area contributed by atoms with Gasteiger partial charge in [-0.15, -0.1) is 6.58 Å². The van der Waals surface area contributed by atoms with E-state index in [1.807, 2.05) is 53.1 Å². The van der Waals surface area contributed by atoms with E-state index in [2.05, 4.69) is 11.6 Å². The standard InChI is InChI=1S/C19H18N2O2S/c1-3-11-21-16-10-9-15(23-2)13-17(16)24-19(21)20-18(22)12-14-7-5-4-6-8-14/h3-10,13H,1,11-12H2,2H3. The molecule has 0 aliphatic heterocycles. The molecule has 2 aromatic carbocycles. The van der Waals surface area contributed by atoms with E-state index >= 15 is 0 Å². The van der Waals surface area contributed by atoms with Gasteiger partial charge in [0.1, 0.15) is 5.75 Å². The predicted molar refractivity (Wildman–Crippen MR) is 97.3 cm³/mol. The SMILES string of the molecule is C=CCn1c(=NC(=O)Cc2ccccc2)sc2cc(OC)ccc21. The summed E-state index contributed by atoms with van der Waals surface area (Å²) in [6.45, 7) is 4.40. The van der Waals surface area contributed by atoms with Crippen LogP contribution in [0, 0.1) is 0 Å². The van der Waals surface area contributed by atoms with Gasteiger partial charge in [-0.2, -0.15) is 4.99 Å². The van der Waals surface area contributed by atoms with Gasteiger partial charge >= 0.3 is 0 Å². The maximum atomic E-state index is 12.3. The van der Waals surface area contributed by atoms with Crippen molar-refractivity contribution in [2.24, 2.45) is 4.99 Å². The predicted octanol–water partition coefficient (Wildman–Crippen LogP) is 3.57. The van der Waals surface area contributed by atoms with Crippen LogP contribution in [0.2, 0.25) is 0 Å². The monoisotopic (exact) mass is 338 g/mol. The van der Waals surface area contributed by atoms with Crippen molar-refractivity contribution in [2.45, 2.75) is 13.0 Å². The fourth-order valence-corrected chi connectivity index (χ4v) is 3.57. The third-order valence-corrected chi connectivity index (χ3v) is 4.66. The molecule has 4 nitrogen and oxygen atoms in total. The second-order valence-electron chi connectivity index (χ2n) is 5.29. The molecule has 3 aromatic rings. The molecule has 0 aliphatic rings. The minimum absolute atomic E-state index is 0.155. The van der Waals surface area contributed by atoms with Gasteiger partial charge in [0.15, 0.2) is 4.80 Å². The van der Waals surface area contributed by atoms with Crippen LogP contribution >= 0.6 is 11.3 Å². The number of aromatic nitrogens is 1. The molecule has 0 spiro atoms. The van der Waals surface area contributed by atoms with Crippen LogP contribution < -0.4 is 9.54 Å². The molecule has 0 saturated heterocycles. The van der Waals surface area contributed by atoms with Crippen molar-refractivity contribution in [3.8, 4) is 5.75 Å². The van der Waals surface area contributed by atoms with Crippen molar-refractivity contribution in [1.29, 1.82) is 0 Å². The van der Waals surface area contributed by atoms with E-state index in [1.54, 1.807) is 13.2 Å². The van der Waals surface area contributed by atoms with Crippen LogP contribution in [-0.4, -0.2) is 17.6 Å². The first-order chi connectivity index (χ1) is 11.7. The number of carbonyl (C=O) groups excluding carboxylic acids is 1. The number of hydrogen-bond donors (Lipinski definition) is 0. The van der Waals surface area contributed by atoms with Crippen molar-refractivity contribution >= 4 is 27.5 Å². The summed E-state index contributed by atoms with van der Waals surface area (Å²) in [6, 6.07) is 15.5. The van der Waals surface area contributed by atoms with Crippen molar-refractivity contribution in [2.75, 3.05) is 7.11 Å². The molecule has 0 fully saturated rings. The first kappa shape index (κ1) is 16.2. The lowest BCUT2D eigenvalue weighted by Gasteiger charge is -2.02. The minimum Gasteiger partial charge on any atom is -0.497 e. The van der Waals surface area contributed by atoms with E-state index in [1.165, 1.54) is 11.3 Å². The second-order valence-corrected chi connectivity index (χ2v) is 6.29. The Labute approximate surface area is 144 Å². The van der Waals surface area contributed by atoms with Gasteiger partial charge in [0.2, 0.25) is 0 Å². The number of ether oxygens (including phenoxy) is 1. The van der Waals surface area contributed by atoms with E-state index < -0.39 is 0 Å². The van der Waals surface area contributed by atoms with Gasteiger partial charge in [0.05, 0.1) is 23.7 Å². The first-order valence-electron chi connectivity index (χ1n) is 7.61. The summed E-state index contributed by atoms with van der Waals surface area (Å²) >= 11 is 1.48. The second kappa shape index (κ2) is 7.27. The quantitative estimate of drug-likeness (QED) is 0.668. The highest BCUT2D eigenvalue weighted by Crippen LogP contribution is 2.23. The van der Waals surface area contributed by atoms with Crippen molar-refractivity contribution in [1.82, 2.24) is 4.57 Å². The number of amides is 1. The van der Waals surface area contributed by atoms with Gasteiger partial charge < -0.3 is 9.30 Å². The summed E-state index contributed by atoms with van der Waals surface area (Å²) in [5.74, 6) is 0.634. The average molecular weight is 338 g/mol. The minimum atomic E-state index is -0.155. The molecule has 0 saturated carbocycles. The number of allylic oxidation sites excluding steroid dienone is 1. The van der Waals surface area contributed by atoms with Crippen LogP contribution in [0.25, 0.3) is 10.2 Å². The van der Waals surface area contributed by atoms with Gasteiger partial charge in [-0.1, -0.05) is 47.7 Å². The molecule has 0 aliphatic carbocycles. The van der Waals surface area contributed by atoms with Gasteiger partial charge in [-0.05, 0) is 23.8 Å². The largest absolute Gasteiger partial charge is 0.497 e. The van der Waals surface area contributed by atoms with Crippen molar-refractivity contribution in [3.63, 3.8) is 0 Å². The van der Waals surface area contributed by atoms with E-state index in [4.69, 9.17) is 4.74 Å². The molecule has 0 atom stereocenters. The highest BCUT2D eigenvalue weighted by atomic mass is 32.1. The first-order valence-corrected chi connectivity index (χ1v) is 8.42. The molecule has 0 unspecified atom stereocenters. The molecule has 122 valence electrons. The number of nitrogens with zero attached hydrogens (tertiary/aromatic N) is 2. The summed E-state index contributed by atoms with van der Waals surface area (Å²) in [5.41, 5.74) is 1.98. The Balaban J connectivity index is 2.01. The smallest absolute Gasteiger partial charge is 0.252 e. The van der Waals surface area contributed by atoms with Crippen LogP contribution in [0.4, 0.5) is 0 Å². The third-order valence-electron chi connectivity index (χ3n) is 3.62. The Bertz CT molecular complexity index is 939. The number of methoxy groups -OCH3 is 1. The summed E-state index contributed by atoms with van der Waals surface area (Å²) < 4.78 is 8.30. The molecule has 1 aromatic heterocycles. The molecule has 3 rings (SSSR count). The molecule has 0 bridgehead atoms. The number of hydrogen-bond acceptors (Lipinski definition) is 3. The van der Waals surface area contributed by atoms with Crippen molar-refractivity contribution in [3.05, 3.63) is 71.6 Å². The van der Waals surface area contributed by atoms with Crippen LogP contribution in [0.15, 0.2) is 66.2 Å². The van der Waals surface area contributed by atoms with Gasteiger partial charge in [-0.3, -0.25) is 4.79 Å². The maximum absolute atomic E-state index is 12.3. The summed E-state index contributed by atoms with van der Waals surface area (Å²) in [6.07, 6.45) is 2.10. The van der Waals surface area contributed by atoms with Crippen LogP contribution in [0.3, 0.4) is 0 Å². The molecule has 24 heavy (non-hydrogen) atoms. The molecular weight excluding hydrogens is 320 g/mol. The molecule has 1 amide bonds. The molecule has 5 heteroatoms. The fraction of sp³-hybridized carbons (Fsp3) is 0.158. The zero-order valence-corrected chi connectivity index (χ0v) is 14.3. The number of rotatable bonds is 5. The van der Waals surface area contributed by atoms with Gasteiger partial charge in [-0.25, -0.2) is 0 Å². The van der Waals surface area contributed by atoms with Crippen LogP contribution in [0.5, 0.6) is 5.75 Å². The van der Waals surface area contributed by atoms with E-state index in [-0.39, 0.29) is 5.91 Å². The van der Waals surface area contributed by atoms with Crippen molar-refractivity contribution < 1.29 is 9.53 Å². The Morgan fingerprint density at radius 1 is 1.29 bits per heavy atom. The van der Waals surface area contributed by atoms with Gasteiger partial charge in [0.25, 0.3) is 5.91 Å². The molecule has 1 heterocycles. The average Bonchev–Trinajstić information content (AvgIpc) is 2.92. The third kappa shape index (κ3) is 3.46.